The Hall–Kier alpha value is -4.69. The Morgan fingerprint density at radius 1 is 0.293 bits per heavy atom. The largest absolute Gasteiger partial charge is 0.508 e. The van der Waals surface area contributed by atoms with E-state index in [0.29, 0.717) is 103 Å². The number of carbonyl (C=O) groups excluding carboxylic acids is 7. The van der Waals surface area contributed by atoms with Gasteiger partial charge in [0.2, 0.25) is 0 Å². The molecule has 0 aliphatic rings. The van der Waals surface area contributed by atoms with E-state index in [4.69, 9.17) is 47.4 Å². The Morgan fingerprint density at radius 3 is 0.913 bits per heavy atom. The van der Waals surface area contributed by atoms with Gasteiger partial charge in [-0.1, -0.05) is 176 Å². The quantitative estimate of drug-likeness (QED) is 0.0239. The van der Waals surface area contributed by atoms with Crippen LogP contribution in [0.2, 0.25) is 0 Å². The molecule has 0 N–H and O–H groups in total. The van der Waals surface area contributed by atoms with Crippen LogP contribution >= 0.6 is 0 Å². The minimum Gasteiger partial charge on any atom is -0.466 e. The lowest BCUT2D eigenvalue weighted by Gasteiger charge is -2.25. The van der Waals surface area contributed by atoms with E-state index in [2.05, 4.69) is 70.4 Å². The minimum atomic E-state index is -0.775. The zero-order valence-corrected chi connectivity index (χ0v) is 59.4. The molecule has 538 valence electrons. The molecular formula is C72H133N3O17. The molecule has 0 rings (SSSR count). The van der Waals surface area contributed by atoms with Crippen LogP contribution in [0.1, 0.15) is 267 Å². The fourth-order valence-electron chi connectivity index (χ4n) is 10.5. The molecule has 0 heterocycles. The van der Waals surface area contributed by atoms with Crippen LogP contribution in [0.15, 0.2) is 12.2 Å². The van der Waals surface area contributed by atoms with Crippen molar-refractivity contribution in [3.8, 4) is 0 Å². The summed E-state index contributed by atoms with van der Waals surface area (Å²) in [7, 11) is 2.02. The van der Waals surface area contributed by atoms with E-state index in [1.165, 1.54) is 44.9 Å². The summed E-state index contributed by atoms with van der Waals surface area (Å²) in [6.07, 6.45) is 33.8. The van der Waals surface area contributed by atoms with Gasteiger partial charge in [0, 0.05) is 26.2 Å². The third kappa shape index (κ3) is 57.9. The van der Waals surface area contributed by atoms with E-state index in [1.54, 1.807) is 0 Å². The Bertz CT molecular complexity index is 1760. The van der Waals surface area contributed by atoms with E-state index in [9.17, 15) is 33.6 Å². The zero-order chi connectivity index (χ0) is 67.8. The maximum atomic E-state index is 13.0. The summed E-state index contributed by atoms with van der Waals surface area (Å²) in [4.78, 5) is 95.2. The molecule has 3 atom stereocenters. The van der Waals surface area contributed by atoms with Gasteiger partial charge in [0.25, 0.3) is 0 Å². The third-order valence-electron chi connectivity index (χ3n) is 16.3. The molecule has 0 aliphatic carbocycles. The molecule has 0 spiro atoms. The highest BCUT2D eigenvalue weighted by molar-refractivity contribution is 5.71. The number of ether oxygens (including phenoxy) is 10. The number of carbonyl (C=O) groups is 7. The Labute approximate surface area is 558 Å². The van der Waals surface area contributed by atoms with Crippen LogP contribution in [0, 0.1) is 17.8 Å². The van der Waals surface area contributed by atoms with Crippen LogP contribution in [0.4, 0.5) is 14.4 Å². The van der Waals surface area contributed by atoms with E-state index >= 15 is 0 Å². The Kier molecular flexibility index (Phi) is 61.7. The van der Waals surface area contributed by atoms with Gasteiger partial charge in [0.15, 0.2) is 0 Å². The summed E-state index contributed by atoms with van der Waals surface area (Å²) < 4.78 is 53.8. The minimum absolute atomic E-state index is 0.0371. The topological polar surface area (TPSA) is 222 Å². The van der Waals surface area contributed by atoms with Crippen molar-refractivity contribution >= 4 is 42.3 Å². The number of rotatable bonds is 65. The van der Waals surface area contributed by atoms with Crippen LogP contribution in [-0.4, -0.2) is 183 Å². The first-order chi connectivity index (χ1) is 44.7. The molecule has 0 radical (unpaired) electrons. The van der Waals surface area contributed by atoms with Crippen molar-refractivity contribution < 1.29 is 80.9 Å². The lowest BCUT2D eigenvalue weighted by Crippen LogP contribution is -2.34. The second-order valence-electron chi connectivity index (χ2n) is 24.8. The van der Waals surface area contributed by atoms with Gasteiger partial charge < -0.3 is 62.1 Å². The van der Waals surface area contributed by atoms with Crippen molar-refractivity contribution in [3.63, 3.8) is 0 Å². The van der Waals surface area contributed by atoms with Crippen LogP contribution in [0.5, 0.6) is 0 Å². The number of esters is 4. The molecule has 20 heteroatoms. The van der Waals surface area contributed by atoms with Gasteiger partial charge in [0.05, 0.1) is 52.1 Å². The second-order valence-corrected chi connectivity index (χ2v) is 24.8. The van der Waals surface area contributed by atoms with Gasteiger partial charge in [-0.15, -0.1) is 0 Å². The van der Waals surface area contributed by atoms with Crippen LogP contribution < -0.4 is 0 Å². The molecule has 0 bridgehead atoms. The maximum absolute atomic E-state index is 13.0. The number of hydrogen-bond acceptors (Lipinski definition) is 20. The van der Waals surface area contributed by atoms with Crippen molar-refractivity contribution in [2.24, 2.45) is 17.8 Å². The molecule has 3 unspecified atom stereocenters. The summed E-state index contributed by atoms with van der Waals surface area (Å²) in [5, 5.41) is 0. The molecule has 0 saturated carbocycles. The highest BCUT2D eigenvalue weighted by atomic mass is 16.7. The summed E-state index contributed by atoms with van der Waals surface area (Å²) in [5.41, 5.74) is 0. The molecule has 20 nitrogen and oxygen atoms in total. The number of hydrogen-bond donors (Lipinski definition) is 0. The highest BCUT2D eigenvalue weighted by Gasteiger charge is 2.19. The molecule has 0 fully saturated rings. The van der Waals surface area contributed by atoms with Gasteiger partial charge >= 0.3 is 42.3 Å². The molecular weight excluding hydrogens is 1180 g/mol. The Balaban J connectivity index is 5.53. The fraction of sp³-hybridized carbons (Fsp3) is 0.875. The van der Waals surface area contributed by atoms with Crippen LogP contribution in [-0.2, 0) is 66.5 Å². The monoisotopic (exact) mass is 1310 g/mol. The average molecular weight is 1310 g/mol. The maximum Gasteiger partial charge on any atom is 0.508 e. The van der Waals surface area contributed by atoms with Gasteiger partial charge in [-0.3, -0.25) is 19.2 Å². The average Bonchev–Trinajstić information content (AvgIpc) is 3.59. The zero-order valence-electron chi connectivity index (χ0n) is 59.4. The van der Waals surface area contributed by atoms with Crippen LogP contribution in [0.3, 0.4) is 0 Å². The van der Waals surface area contributed by atoms with Gasteiger partial charge in [-0.25, -0.2) is 14.4 Å². The first kappa shape index (κ1) is 87.3. The number of allylic oxidation sites excluding steroid dienone is 2. The predicted octanol–water partition coefficient (Wildman–Crippen LogP) is 16.0. The predicted molar refractivity (Wildman–Crippen MR) is 362 cm³/mol. The lowest BCUT2D eigenvalue weighted by molar-refractivity contribution is -0.147. The van der Waals surface area contributed by atoms with Crippen molar-refractivity contribution in [1.29, 1.82) is 0 Å². The highest BCUT2D eigenvalue weighted by Crippen LogP contribution is 2.21. The Morgan fingerprint density at radius 2 is 0.598 bits per heavy atom. The number of unbranched alkanes of at least 4 members (excludes halogenated alkanes) is 14. The summed E-state index contributed by atoms with van der Waals surface area (Å²) in [6, 6.07) is 0. The van der Waals surface area contributed by atoms with Gasteiger partial charge in [0.1, 0.15) is 39.6 Å². The number of nitrogens with zero attached hydrogens (tertiary/aromatic N) is 3. The SMILES string of the molecule is CC/C=C\CCCCOC(=O)CCN(CCCN(C)CCCN(CCC(=O)OCCOC(=O)OCC(CCCC)CCCCCC)CCC(=O)OCCOC(=O)OCC(CCCC)CCCCCC)CCC(=O)OCCOC(=O)OCC(CCCC)CCCCCC. The van der Waals surface area contributed by atoms with Crippen LogP contribution in [0.25, 0.3) is 0 Å². The van der Waals surface area contributed by atoms with Crippen molar-refractivity contribution in [1.82, 2.24) is 14.7 Å². The van der Waals surface area contributed by atoms with Crippen molar-refractivity contribution in [2.45, 2.75) is 267 Å². The molecule has 92 heavy (non-hydrogen) atoms. The standard InChI is InChI=1S/C72H133N3O17/c1-9-16-23-27-28-32-53-83-66(76)41-49-74(50-42-67(77)84-54-57-87-70(80)90-60-63(35-20-13-5)38-29-24-17-10-2)47-33-45-73(8)46-34-48-75(51-43-68(78)85-55-58-88-71(81)91-61-64(36-21-14-6)39-30-25-18-11-3)52-44-69(79)86-56-59-89-72(82)92-62-65(37-22-15-7)40-31-26-19-12-4/h16,23,63-65H,9-15,17-22,24-62H2,1-8H3/b23-16-. The van der Waals surface area contributed by atoms with Crippen molar-refractivity contribution in [3.05, 3.63) is 12.2 Å². The van der Waals surface area contributed by atoms with E-state index in [1.807, 2.05) is 11.9 Å². The molecule has 0 saturated heterocycles. The smallest absolute Gasteiger partial charge is 0.466 e. The fourth-order valence-corrected chi connectivity index (χ4v) is 10.5. The van der Waals surface area contributed by atoms with Gasteiger partial charge in [-0.05, 0) is 128 Å². The third-order valence-corrected chi connectivity index (χ3v) is 16.3. The van der Waals surface area contributed by atoms with E-state index in [-0.39, 0.29) is 71.3 Å². The molecule has 0 aliphatic heterocycles. The molecule has 0 aromatic carbocycles. The molecule has 0 aromatic heterocycles. The second kappa shape index (κ2) is 65.0. The molecule has 0 amide bonds. The first-order valence-corrected chi connectivity index (χ1v) is 36.5. The van der Waals surface area contributed by atoms with E-state index < -0.39 is 36.4 Å². The first-order valence-electron chi connectivity index (χ1n) is 36.5. The van der Waals surface area contributed by atoms with Gasteiger partial charge in [-0.2, -0.15) is 0 Å². The summed E-state index contributed by atoms with van der Waals surface area (Å²) >= 11 is 0. The normalized spacial score (nSPS) is 12.4. The molecule has 0 aromatic rings. The lowest BCUT2D eigenvalue weighted by atomic mass is 9.96. The van der Waals surface area contributed by atoms with E-state index in [0.717, 1.165) is 141 Å². The van der Waals surface area contributed by atoms with Crippen molar-refractivity contribution in [2.75, 3.05) is 125 Å². The summed E-state index contributed by atoms with van der Waals surface area (Å²) in [5.74, 6) is -0.796. The summed E-state index contributed by atoms with van der Waals surface area (Å²) in [6.45, 7) is 19.6.